The fourth-order valence-electron chi connectivity index (χ4n) is 1.40. The minimum Gasteiger partial charge on any atom is -0.465 e. The summed E-state index contributed by atoms with van der Waals surface area (Å²) in [5, 5.41) is 0.591. The van der Waals surface area contributed by atoms with Crippen molar-refractivity contribution in [1.29, 1.82) is 0 Å². The normalized spacial score (nSPS) is 10.5. The van der Waals surface area contributed by atoms with Gasteiger partial charge in [0.2, 0.25) is 0 Å². The van der Waals surface area contributed by atoms with Crippen LogP contribution in [0.15, 0.2) is 18.2 Å². The molecule has 0 spiro atoms. The molecule has 0 bridgehead atoms. The predicted octanol–water partition coefficient (Wildman–Crippen LogP) is 3.60. The van der Waals surface area contributed by atoms with Crippen LogP contribution < -0.4 is 0 Å². The molecule has 2 nitrogen and oxygen atoms in total. The molecule has 0 aliphatic heterocycles. The Morgan fingerprint density at radius 1 is 1.39 bits per heavy atom. The summed E-state index contributed by atoms with van der Waals surface area (Å²) >= 11 is 3.41. The van der Waals surface area contributed by atoms with Crippen molar-refractivity contribution in [3.63, 3.8) is 0 Å². The van der Waals surface area contributed by atoms with Crippen molar-refractivity contribution in [2.75, 3.05) is 7.11 Å². The third-order valence-corrected chi connectivity index (χ3v) is 3.72. The zero-order valence-electron chi connectivity index (χ0n) is 11.1. The standard InChI is InChI=1S/C14H17BrO2Si/c1-17-14(16)12-7-5-6-11(13(12)10-15)8-9-18(2,3)4/h5-7H,10H2,1-4H3. The summed E-state index contributed by atoms with van der Waals surface area (Å²) in [6.07, 6.45) is 0. The molecule has 0 fully saturated rings. The van der Waals surface area contributed by atoms with Gasteiger partial charge in [-0.2, -0.15) is 0 Å². The molecule has 0 amide bonds. The van der Waals surface area contributed by atoms with E-state index in [0.29, 0.717) is 10.9 Å². The maximum absolute atomic E-state index is 11.7. The first-order valence-electron chi connectivity index (χ1n) is 5.68. The molecule has 1 aromatic rings. The number of alkyl halides is 1. The molecule has 0 N–H and O–H groups in total. The number of carbonyl (C=O) groups excluding carboxylic acids is 1. The van der Waals surface area contributed by atoms with Crippen LogP contribution in [-0.4, -0.2) is 21.2 Å². The predicted molar refractivity (Wildman–Crippen MR) is 80.6 cm³/mol. The number of hydrogen-bond donors (Lipinski definition) is 0. The number of ether oxygens (including phenoxy) is 1. The summed E-state index contributed by atoms with van der Waals surface area (Å²) in [5.41, 5.74) is 5.69. The highest BCUT2D eigenvalue weighted by Crippen LogP contribution is 2.18. The summed E-state index contributed by atoms with van der Waals surface area (Å²) in [5.74, 6) is 2.88. The molecule has 0 saturated heterocycles. The molecule has 4 heteroatoms. The molecule has 0 aromatic heterocycles. The van der Waals surface area contributed by atoms with E-state index in [1.165, 1.54) is 7.11 Å². The summed E-state index contributed by atoms with van der Waals surface area (Å²) in [4.78, 5) is 11.7. The Balaban J connectivity index is 3.28. The smallest absolute Gasteiger partial charge is 0.338 e. The minimum absolute atomic E-state index is 0.318. The van der Waals surface area contributed by atoms with Gasteiger partial charge in [-0.15, -0.1) is 5.54 Å². The van der Waals surface area contributed by atoms with Crippen molar-refractivity contribution in [1.82, 2.24) is 0 Å². The summed E-state index contributed by atoms with van der Waals surface area (Å²) < 4.78 is 4.78. The summed E-state index contributed by atoms with van der Waals surface area (Å²) in [6, 6.07) is 5.55. The molecule has 0 heterocycles. The van der Waals surface area contributed by atoms with Gasteiger partial charge in [-0.3, -0.25) is 0 Å². The summed E-state index contributed by atoms with van der Waals surface area (Å²) in [6.45, 7) is 6.58. The van der Waals surface area contributed by atoms with Crippen LogP contribution in [0.3, 0.4) is 0 Å². The first-order valence-corrected chi connectivity index (χ1v) is 10.3. The molecule has 0 saturated carbocycles. The lowest BCUT2D eigenvalue weighted by Gasteiger charge is -2.08. The van der Waals surface area contributed by atoms with E-state index in [1.807, 2.05) is 12.1 Å². The Labute approximate surface area is 118 Å². The van der Waals surface area contributed by atoms with Gasteiger partial charge in [-0.25, -0.2) is 4.79 Å². The van der Waals surface area contributed by atoms with Gasteiger partial charge in [0.1, 0.15) is 8.07 Å². The second-order valence-corrected chi connectivity index (χ2v) is 10.3. The largest absolute Gasteiger partial charge is 0.465 e. The Morgan fingerprint density at radius 3 is 2.56 bits per heavy atom. The van der Waals surface area contributed by atoms with Gasteiger partial charge in [0.15, 0.2) is 0 Å². The highest BCUT2D eigenvalue weighted by atomic mass is 79.9. The van der Waals surface area contributed by atoms with Crippen LogP contribution in [0.2, 0.25) is 19.6 Å². The van der Waals surface area contributed by atoms with E-state index in [0.717, 1.165) is 11.1 Å². The van der Waals surface area contributed by atoms with Gasteiger partial charge in [0.25, 0.3) is 0 Å². The van der Waals surface area contributed by atoms with E-state index in [9.17, 15) is 4.79 Å². The maximum Gasteiger partial charge on any atom is 0.338 e. The quantitative estimate of drug-likeness (QED) is 0.359. The van der Waals surface area contributed by atoms with Crippen LogP contribution in [-0.2, 0) is 10.1 Å². The third kappa shape index (κ3) is 4.00. The lowest BCUT2D eigenvalue weighted by molar-refractivity contribution is 0.0600. The van der Waals surface area contributed by atoms with Crippen molar-refractivity contribution >= 4 is 30.0 Å². The lowest BCUT2D eigenvalue weighted by Crippen LogP contribution is -2.16. The zero-order valence-corrected chi connectivity index (χ0v) is 13.7. The molecular weight excluding hydrogens is 308 g/mol. The van der Waals surface area contributed by atoms with Gasteiger partial charge in [-0.05, 0) is 17.7 Å². The average Bonchev–Trinajstić information content (AvgIpc) is 2.33. The van der Waals surface area contributed by atoms with Crippen molar-refractivity contribution in [3.8, 4) is 11.5 Å². The number of esters is 1. The topological polar surface area (TPSA) is 26.3 Å². The number of methoxy groups -OCH3 is 1. The van der Waals surface area contributed by atoms with Crippen LogP contribution in [0.1, 0.15) is 21.5 Å². The van der Waals surface area contributed by atoms with Crippen LogP contribution in [0.5, 0.6) is 0 Å². The van der Waals surface area contributed by atoms with E-state index in [4.69, 9.17) is 4.74 Å². The molecule has 0 aliphatic carbocycles. The van der Waals surface area contributed by atoms with Gasteiger partial charge in [0, 0.05) is 10.9 Å². The number of halogens is 1. The SMILES string of the molecule is COC(=O)c1cccc(C#C[Si](C)(C)C)c1CBr. The van der Waals surface area contributed by atoms with Gasteiger partial charge in [0.05, 0.1) is 12.7 Å². The van der Waals surface area contributed by atoms with E-state index in [2.05, 4.69) is 47.0 Å². The maximum atomic E-state index is 11.7. The first kappa shape index (κ1) is 15.0. The average molecular weight is 325 g/mol. The Morgan fingerprint density at radius 2 is 2.06 bits per heavy atom. The molecule has 96 valence electrons. The third-order valence-electron chi connectivity index (χ3n) is 2.29. The lowest BCUT2D eigenvalue weighted by atomic mass is 10.0. The van der Waals surface area contributed by atoms with Crippen molar-refractivity contribution in [3.05, 3.63) is 34.9 Å². The van der Waals surface area contributed by atoms with E-state index >= 15 is 0 Å². The summed E-state index contributed by atoms with van der Waals surface area (Å²) in [7, 11) is -0.0315. The molecule has 0 radical (unpaired) electrons. The Kier molecular flexibility index (Phi) is 5.18. The highest BCUT2D eigenvalue weighted by molar-refractivity contribution is 9.08. The van der Waals surface area contributed by atoms with Gasteiger partial charge in [-0.1, -0.05) is 47.6 Å². The van der Waals surface area contributed by atoms with Crippen molar-refractivity contribution in [2.24, 2.45) is 0 Å². The molecule has 1 rings (SSSR count). The monoisotopic (exact) mass is 324 g/mol. The van der Waals surface area contributed by atoms with E-state index in [-0.39, 0.29) is 5.97 Å². The second-order valence-electron chi connectivity index (χ2n) is 4.96. The molecule has 1 aromatic carbocycles. The Hall–Kier alpha value is -1.05. The molecule has 0 atom stereocenters. The minimum atomic E-state index is -1.42. The molecule has 0 aliphatic rings. The van der Waals surface area contributed by atoms with Crippen LogP contribution in [0.4, 0.5) is 0 Å². The van der Waals surface area contributed by atoms with Gasteiger partial charge < -0.3 is 4.74 Å². The number of rotatable bonds is 2. The fraction of sp³-hybridized carbons (Fsp3) is 0.357. The molecule has 18 heavy (non-hydrogen) atoms. The highest BCUT2D eigenvalue weighted by Gasteiger charge is 2.14. The number of benzene rings is 1. The van der Waals surface area contributed by atoms with E-state index < -0.39 is 8.07 Å². The van der Waals surface area contributed by atoms with Crippen LogP contribution >= 0.6 is 15.9 Å². The number of carbonyl (C=O) groups is 1. The second kappa shape index (κ2) is 6.21. The van der Waals surface area contributed by atoms with Crippen LogP contribution in [0, 0.1) is 11.5 Å². The molecular formula is C14H17BrO2Si. The number of hydrogen-bond acceptors (Lipinski definition) is 2. The van der Waals surface area contributed by atoms with Crippen molar-refractivity contribution < 1.29 is 9.53 Å². The zero-order chi connectivity index (χ0) is 13.8. The van der Waals surface area contributed by atoms with Crippen LogP contribution in [0.25, 0.3) is 0 Å². The van der Waals surface area contributed by atoms with Gasteiger partial charge >= 0.3 is 5.97 Å². The van der Waals surface area contributed by atoms with E-state index in [1.54, 1.807) is 6.07 Å². The fourth-order valence-corrected chi connectivity index (χ4v) is 2.52. The first-order chi connectivity index (χ1) is 8.39. The van der Waals surface area contributed by atoms with Crippen molar-refractivity contribution in [2.45, 2.75) is 25.0 Å². The molecule has 0 unspecified atom stereocenters. The Bertz CT molecular complexity index is 507.